The number of likely N-dealkylation sites (N-methyl/N-ethyl adjacent to an activating group) is 1. The van der Waals surface area contributed by atoms with Gasteiger partial charge in [-0.1, -0.05) is 6.07 Å². The molecule has 3 N–H and O–H groups in total. The molecule has 0 aliphatic carbocycles. The molecule has 2 aromatic carbocycles. The van der Waals surface area contributed by atoms with E-state index in [9.17, 15) is 18.0 Å². The maximum absolute atomic E-state index is 13.9. The number of nitrogens with one attached hydrogen (secondary N) is 1. The Morgan fingerprint density at radius 2 is 1.92 bits per heavy atom. The SMILES string of the molecule is CN1CCN(Cc2ccc(NC(=O)c3csc4cc(Oc5ccnc(N)n5)ccc34)cc2C(F)(F)F)CC1. The number of carbonyl (C=O) groups is 1. The van der Waals surface area contributed by atoms with E-state index in [1.54, 1.807) is 29.6 Å². The van der Waals surface area contributed by atoms with Gasteiger partial charge < -0.3 is 20.7 Å². The molecule has 1 amide bonds. The number of thiophene rings is 1. The zero-order valence-corrected chi connectivity index (χ0v) is 21.3. The summed E-state index contributed by atoms with van der Waals surface area (Å²) < 4.78 is 48.2. The monoisotopic (exact) mass is 542 g/mol. The highest BCUT2D eigenvalue weighted by molar-refractivity contribution is 7.17. The Morgan fingerprint density at radius 1 is 1.13 bits per heavy atom. The first kappa shape index (κ1) is 25.9. The first-order valence-corrected chi connectivity index (χ1v) is 12.7. The van der Waals surface area contributed by atoms with Crippen molar-refractivity contribution in [1.82, 2.24) is 19.8 Å². The van der Waals surface area contributed by atoms with E-state index in [0.29, 0.717) is 29.8 Å². The van der Waals surface area contributed by atoms with Crippen LogP contribution in [0.2, 0.25) is 0 Å². The van der Waals surface area contributed by atoms with E-state index in [2.05, 4.69) is 20.2 Å². The molecule has 0 atom stereocenters. The molecule has 1 aliphatic heterocycles. The predicted octanol–water partition coefficient (Wildman–Crippen LogP) is 5.08. The zero-order valence-electron chi connectivity index (χ0n) is 20.5. The molecule has 198 valence electrons. The summed E-state index contributed by atoms with van der Waals surface area (Å²) in [6.07, 6.45) is -3.06. The van der Waals surface area contributed by atoms with Crippen LogP contribution in [0.4, 0.5) is 24.8 Å². The fourth-order valence-electron chi connectivity index (χ4n) is 4.28. The van der Waals surface area contributed by atoms with Crippen molar-refractivity contribution in [3.05, 3.63) is 70.7 Å². The molecule has 3 heterocycles. The highest BCUT2D eigenvalue weighted by Gasteiger charge is 2.34. The van der Waals surface area contributed by atoms with Gasteiger partial charge in [-0.3, -0.25) is 9.69 Å². The molecule has 38 heavy (non-hydrogen) atoms. The second kappa shape index (κ2) is 10.6. The van der Waals surface area contributed by atoms with Gasteiger partial charge in [-0.05, 0) is 42.9 Å². The number of piperazine rings is 1. The van der Waals surface area contributed by atoms with Crippen molar-refractivity contribution >= 4 is 39.0 Å². The summed E-state index contributed by atoms with van der Waals surface area (Å²) in [5.74, 6) is 0.367. The fourth-order valence-corrected chi connectivity index (χ4v) is 5.25. The molecule has 0 spiro atoms. The van der Waals surface area contributed by atoms with Crippen LogP contribution in [0.25, 0.3) is 10.1 Å². The number of benzene rings is 2. The van der Waals surface area contributed by atoms with Gasteiger partial charge in [-0.2, -0.15) is 18.2 Å². The first-order valence-electron chi connectivity index (χ1n) is 11.9. The maximum atomic E-state index is 13.9. The van der Waals surface area contributed by atoms with Crippen molar-refractivity contribution in [2.45, 2.75) is 12.7 Å². The number of nitrogens with zero attached hydrogens (tertiary/aromatic N) is 4. The number of fused-ring (bicyclic) bond motifs is 1. The largest absolute Gasteiger partial charge is 0.439 e. The fraction of sp³-hybridized carbons (Fsp3) is 0.269. The molecular weight excluding hydrogens is 517 g/mol. The number of anilines is 2. The minimum atomic E-state index is -4.54. The van der Waals surface area contributed by atoms with Crippen molar-refractivity contribution in [2.75, 3.05) is 44.3 Å². The molecule has 5 rings (SSSR count). The van der Waals surface area contributed by atoms with Crippen LogP contribution < -0.4 is 15.8 Å². The number of hydrogen-bond donors (Lipinski definition) is 2. The molecule has 0 saturated carbocycles. The van der Waals surface area contributed by atoms with Crippen LogP contribution in [0.1, 0.15) is 21.5 Å². The Kier molecular flexibility index (Phi) is 7.19. The summed E-state index contributed by atoms with van der Waals surface area (Å²) in [6.45, 7) is 3.24. The summed E-state index contributed by atoms with van der Waals surface area (Å²) in [4.78, 5) is 25.0. The lowest BCUT2D eigenvalue weighted by Gasteiger charge is -2.33. The predicted molar refractivity (Wildman–Crippen MR) is 141 cm³/mol. The van der Waals surface area contributed by atoms with E-state index in [4.69, 9.17) is 10.5 Å². The third kappa shape index (κ3) is 5.87. The average molecular weight is 543 g/mol. The van der Waals surface area contributed by atoms with Gasteiger partial charge in [-0.15, -0.1) is 11.3 Å². The van der Waals surface area contributed by atoms with Gasteiger partial charge >= 0.3 is 6.18 Å². The van der Waals surface area contributed by atoms with Gasteiger partial charge in [-0.25, -0.2) is 4.98 Å². The van der Waals surface area contributed by atoms with E-state index in [1.807, 2.05) is 11.9 Å². The number of nitrogen functional groups attached to an aromatic ring is 1. The van der Waals surface area contributed by atoms with Crippen molar-refractivity contribution in [3.63, 3.8) is 0 Å². The summed E-state index contributed by atoms with van der Waals surface area (Å²) in [5.41, 5.74) is 5.48. The molecule has 4 aromatic rings. The lowest BCUT2D eigenvalue weighted by atomic mass is 10.0. The number of amides is 1. The van der Waals surface area contributed by atoms with Crippen molar-refractivity contribution < 1.29 is 22.7 Å². The van der Waals surface area contributed by atoms with E-state index in [0.717, 1.165) is 23.9 Å². The van der Waals surface area contributed by atoms with Gasteiger partial charge in [0.1, 0.15) is 5.75 Å². The Bertz CT molecular complexity index is 1470. The molecule has 8 nitrogen and oxygen atoms in total. The van der Waals surface area contributed by atoms with E-state index < -0.39 is 17.6 Å². The number of hydrogen-bond acceptors (Lipinski definition) is 8. The number of carbonyl (C=O) groups excluding carboxylic acids is 1. The van der Waals surface area contributed by atoms with Crippen LogP contribution in [-0.2, 0) is 12.7 Å². The molecule has 2 aromatic heterocycles. The van der Waals surface area contributed by atoms with Crippen molar-refractivity contribution in [1.29, 1.82) is 0 Å². The minimum absolute atomic E-state index is 0.0831. The van der Waals surface area contributed by atoms with Crippen LogP contribution in [0.15, 0.2) is 54.0 Å². The third-order valence-corrected chi connectivity index (χ3v) is 7.27. The van der Waals surface area contributed by atoms with Crippen molar-refractivity contribution in [3.8, 4) is 11.6 Å². The Labute approximate surface area is 220 Å². The van der Waals surface area contributed by atoms with E-state index in [1.165, 1.54) is 29.7 Å². The highest BCUT2D eigenvalue weighted by Crippen LogP contribution is 2.36. The number of nitrogens with two attached hydrogens (primary N) is 1. The van der Waals surface area contributed by atoms with Gasteiger partial charge in [0, 0.05) is 66.1 Å². The smallest absolute Gasteiger partial charge is 0.416 e. The van der Waals surface area contributed by atoms with Crippen LogP contribution in [-0.4, -0.2) is 58.9 Å². The van der Waals surface area contributed by atoms with Crippen LogP contribution in [0, 0.1) is 0 Å². The number of rotatable bonds is 6. The Morgan fingerprint density at radius 3 is 2.66 bits per heavy atom. The lowest BCUT2D eigenvalue weighted by molar-refractivity contribution is -0.138. The number of ether oxygens (including phenoxy) is 1. The summed E-state index contributed by atoms with van der Waals surface area (Å²) in [7, 11) is 2.00. The quantitative estimate of drug-likeness (QED) is 0.351. The van der Waals surface area contributed by atoms with Crippen LogP contribution >= 0.6 is 11.3 Å². The molecule has 0 radical (unpaired) electrons. The zero-order chi connectivity index (χ0) is 26.9. The van der Waals surface area contributed by atoms with E-state index in [-0.39, 0.29) is 29.6 Å². The second-order valence-electron chi connectivity index (χ2n) is 9.07. The summed E-state index contributed by atoms with van der Waals surface area (Å²) >= 11 is 1.32. The summed E-state index contributed by atoms with van der Waals surface area (Å²) in [6, 6.07) is 10.7. The molecule has 0 unspecified atom stereocenters. The Hall–Kier alpha value is -3.74. The summed E-state index contributed by atoms with van der Waals surface area (Å²) in [5, 5.41) is 4.95. The van der Waals surface area contributed by atoms with Gasteiger partial charge in [0.2, 0.25) is 11.8 Å². The third-order valence-electron chi connectivity index (χ3n) is 6.33. The molecular formula is C26H25F3N6O2S. The molecule has 1 saturated heterocycles. The first-order chi connectivity index (χ1) is 18.2. The average Bonchev–Trinajstić information content (AvgIpc) is 3.29. The minimum Gasteiger partial charge on any atom is -0.439 e. The van der Waals surface area contributed by atoms with Gasteiger partial charge in [0.25, 0.3) is 5.91 Å². The van der Waals surface area contributed by atoms with Gasteiger partial charge in [0.15, 0.2) is 0 Å². The van der Waals surface area contributed by atoms with Gasteiger partial charge in [0.05, 0.1) is 11.1 Å². The number of alkyl halides is 3. The van der Waals surface area contributed by atoms with Crippen molar-refractivity contribution in [2.24, 2.45) is 0 Å². The number of halogens is 3. The van der Waals surface area contributed by atoms with Crippen LogP contribution in [0.3, 0.4) is 0 Å². The second-order valence-corrected chi connectivity index (χ2v) is 9.98. The molecule has 0 bridgehead atoms. The normalized spacial score (nSPS) is 15.1. The lowest BCUT2D eigenvalue weighted by Crippen LogP contribution is -2.44. The Balaban J connectivity index is 1.33. The molecule has 1 aliphatic rings. The standard InChI is InChI=1S/C26H25F3N6O2S/c1-34-8-10-35(11-9-34)14-16-2-3-17(12-21(16)26(27,28)29)32-24(36)20-15-38-22-13-18(4-5-19(20)22)37-23-6-7-31-25(30)33-23/h2-7,12-13,15H,8-11,14H2,1H3,(H,32,36)(H2,30,31,33). The molecule has 12 heteroatoms. The highest BCUT2D eigenvalue weighted by atomic mass is 32.1. The maximum Gasteiger partial charge on any atom is 0.416 e. The topological polar surface area (TPSA) is 96.6 Å². The van der Waals surface area contributed by atoms with Crippen LogP contribution in [0.5, 0.6) is 11.6 Å². The molecule has 1 fully saturated rings. The van der Waals surface area contributed by atoms with E-state index >= 15 is 0 Å². The number of aromatic nitrogens is 2.